The first-order chi connectivity index (χ1) is 8.13. The molecule has 0 aromatic carbocycles. The molecule has 1 aromatic rings. The topological polar surface area (TPSA) is 77.2 Å². The first-order valence-electron chi connectivity index (χ1n) is 5.34. The van der Waals surface area contributed by atoms with Crippen LogP contribution in [0, 0.1) is 17.2 Å². The van der Waals surface area contributed by atoms with Gasteiger partial charge in [0, 0.05) is 25.5 Å². The minimum absolute atomic E-state index is 0.215. The highest BCUT2D eigenvalue weighted by Gasteiger charge is 2.16. The molecule has 0 saturated carbocycles. The number of nitriles is 1. The van der Waals surface area contributed by atoms with Gasteiger partial charge in [0.15, 0.2) is 0 Å². The summed E-state index contributed by atoms with van der Waals surface area (Å²) < 4.78 is 0. The van der Waals surface area contributed by atoms with Crippen LogP contribution in [0.5, 0.6) is 0 Å². The quantitative estimate of drug-likeness (QED) is 0.745. The number of rotatable bonds is 6. The molecule has 1 aromatic heterocycles. The Balaban J connectivity index is 2.61. The van der Waals surface area contributed by atoms with Crippen LogP contribution < -0.4 is 0 Å². The Morgan fingerprint density at radius 1 is 1.71 bits per heavy atom. The van der Waals surface area contributed by atoms with Crippen molar-refractivity contribution in [2.75, 3.05) is 13.1 Å². The number of pyridine rings is 1. The SMILES string of the molecule is CC(CN(CC#N)Cc1cccnc1)C(=O)O. The number of carboxylic acids is 1. The van der Waals surface area contributed by atoms with Crippen molar-refractivity contribution in [2.24, 2.45) is 5.92 Å². The number of aliphatic carboxylic acids is 1. The van der Waals surface area contributed by atoms with Gasteiger partial charge in [-0.2, -0.15) is 5.26 Å². The molecule has 0 aliphatic heterocycles. The lowest BCUT2D eigenvalue weighted by Gasteiger charge is -2.20. The molecule has 1 atom stereocenters. The van der Waals surface area contributed by atoms with Gasteiger partial charge in [-0.1, -0.05) is 13.0 Å². The van der Waals surface area contributed by atoms with Crippen molar-refractivity contribution in [3.8, 4) is 6.07 Å². The third-order valence-corrected chi connectivity index (χ3v) is 2.38. The van der Waals surface area contributed by atoms with E-state index in [2.05, 4.69) is 4.98 Å². The number of hydrogen-bond donors (Lipinski definition) is 1. The lowest BCUT2D eigenvalue weighted by molar-refractivity contribution is -0.141. The minimum Gasteiger partial charge on any atom is -0.481 e. The van der Waals surface area contributed by atoms with E-state index in [9.17, 15) is 4.79 Å². The zero-order valence-electron chi connectivity index (χ0n) is 9.71. The second-order valence-corrected chi connectivity index (χ2v) is 3.93. The Hall–Kier alpha value is -1.93. The van der Waals surface area contributed by atoms with E-state index in [0.717, 1.165) is 5.56 Å². The average molecular weight is 233 g/mol. The van der Waals surface area contributed by atoms with E-state index < -0.39 is 11.9 Å². The summed E-state index contributed by atoms with van der Waals surface area (Å²) in [4.78, 5) is 16.6. The largest absolute Gasteiger partial charge is 0.481 e. The van der Waals surface area contributed by atoms with Crippen molar-refractivity contribution in [3.63, 3.8) is 0 Å². The van der Waals surface area contributed by atoms with Gasteiger partial charge < -0.3 is 5.11 Å². The third-order valence-electron chi connectivity index (χ3n) is 2.38. The maximum absolute atomic E-state index is 10.8. The Kier molecular flexibility index (Phi) is 5.11. The Bertz CT molecular complexity index is 400. The van der Waals surface area contributed by atoms with Gasteiger partial charge in [0.1, 0.15) is 0 Å². The van der Waals surface area contributed by atoms with E-state index in [1.54, 1.807) is 24.2 Å². The fourth-order valence-electron chi connectivity index (χ4n) is 1.50. The van der Waals surface area contributed by atoms with Crippen LogP contribution in [0.4, 0.5) is 0 Å². The standard InChI is InChI=1S/C12H15N3O2/c1-10(12(16)17)8-15(6-4-13)9-11-3-2-5-14-7-11/h2-3,5,7,10H,6,8-9H2,1H3,(H,16,17). The molecule has 90 valence electrons. The van der Waals surface area contributed by atoms with Gasteiger partial charge in [0.2, 0.25) is 0 Å². The van der Waals surface area contributed by atoms with Gasteiger partial charge in [-0.3, -0.25) is 14.7 Å². The van der Waals surface area contributed by atoms with Crippen LogP contribution in [0.2, 0.25) is 0 Å². The number of hydrogen-bond acceptors (Lipinski definition) is 4. The molecule has 1 rings (SSSR count). The van der Waals surface area contributed by atoms with Gasteiger partial charge in [-0.25, -0.2) is 0 Å². The first-order valence-corrected chi connectivity index (χ1v) is 5.34. The Morgan fingerprint density at radius 3 is 3.00 bits per heavy atom. The van der Waals surface area contributed by atoms with Gasteiger partial charge in [-0.05, 0) is 11.6 Å². The summed E-state index contributed by atoms with van der Waals surface area (Å²) >= 11 is 0. The van der Waals surface area contributed by atoms with Crippen molar-refractivity contribution in [1.82, 2.24) is 9.88 Å². The molecule has 0 fully saturated rings. The van der Waals surface area contributed by atoms with Crippen LogP contribution in [0.25, 0.3) is 0 Å². The molecule has 1 unspecified atom stereocenters. The number of carboxylic acid groups (broad SMARTS) is 1. The molecule has 0 amide bonds. The van der Waals surface area contributed by atoms with E-state index in [4.69, 9.17) is 10.4 Å². The van der Waals surface area contributed by atoms with Crippen molar-refractivity contribution in [1.29, 1.82) is 5.26 Å². The van der Waals surface area contributed by atoms with Crippen LogP contribution in [-0.2, 0) is 11.3 Å². The molecule has 17 heavy (non-hydrogen) atoms. The van der Waals surface area contributed by atoms with Gasteiger partial charge in [0.25, 0.3) is 0 Å². The lowest BCUT2D eigenvalue weighted by Crippen LogP contribution is -2.31. The predicted octanol–water partition coefficient (Wildman–Crippen LogP) is 1.13. The second-order valence-electron chi connectivity index (χ2n) is 3.93. The third kappa shape index (κ3) is 4.62. The van der Waals surface area contributed by atoms with E-state index in [1.165, 1.54) is 0 Å². The molecule has 0 aliphatic rings. The van der Waals surface area contributed by atoms with Crippen LogP contribution in [0.1, 0.15) is 12.5 Å². The normalized spacial score (nSPS) is 12.1. The molecule has 1 N–H and O–H groups in total. The van der Waals surface area contributed by atoms with Crippen LogP contribution in [0.3, 0.4) is 0 Å². The lowest BCUT2D eigenvalue weighted by atomic mass is 10.1. The van der Waals surface area contributed by atoms with Crippen LogP contribution in [0.15, 0.2) is 24.5 Å². The zero-order chi connectivity index (χ0) is 12.7. The predicted molar refractivity (Wildman–Crippen MR) is 61.9 cm³/mol. The monoisotopic (exact) mass is 233 g/mol. The molecule has 0 aliphatic carbocycles. The van der Waals surface area contributed by atoms with E-state index >= 15 is 0 Å². The van der Waals surface area contributed by atoms with Crippen molar-refractivity contribution < 1.29 is 9.90 Å². The van der Waals surface area contributed by atoms with E-state index in [1.807, 2.05) is 18.2 Å². The summed E-state index contributed by atoms with van der Waals surface area (Å²) in [6.07, 6.45) is 3.40. The maximum atomic E-state index is 10.8. The highest BCUT2D eigenvalue weighted by molar-refractivity contribution is 5.69. The van der Waals surface area contributed by atoms with Crippen LogP contribution in [-0.4, -0.2) is 34.0 Å². The highest BCUT2D eigenvalue weighted by atomic mass is 16.4. The number of carbonyl (C=O) groups is 1. The Labute approximate surface area is 100 Å². The van der Waals surface area contributed by atoms with Gasteiger partial charge in [-0.15, -0.1) is 0 Å². The van der Waals surface area contributed by atoms with Gasteiger partial charge >= 0.3 is 5.97 Å². The second kappa shape index (κ2) is 6.61. The number of aromatic nitrogens is 1. The van der Waals surface area contributed by atoms with E-state index in [-0.39, 0.29) is 6.54 Å². The number of nitrogens with zero attached hydrogens (tertiary/aromatic N) is 3. The van der Waals surface area contributed by atoms with Gasteiger partial charge in [0.05, 0.1) is 18.5 Å². The first kappa shape index (κ1) is 13.1. The van der Waals surface area contributed by atoms with Crippen molar-refractivity contribution in [2.45, 2.75) is 13.5 Å². The smallest absolute Gasteiger partial charge is 0.307 e. The molecular weight excluding hydrogens is 218 g/mol. The molecule has 0 bridgehead atoms. The maximum Gasteiger partial charge on any atom is 0.307 e. The molecular formula is C12H15N3O2. The summed E-state index contributed by atoms with van der Waals surface area (Å²) in [5.74, 6) is -1.33. The summed E-state index contributed by atoms with van der Waals surface area (Å²) in [6.45, 7) is 2.75. The summed E-state index contributed by atoms with van der Waals surface area (Å²) in [7, 11) is 0. The molecule has 0 saturated heterocycles. The Morgan fingerprint density at radius 2 is 2.47 bits per heavy atom. The average Bonchev–Trinajstić information content (AvgIpc) is 2.30. The summed E-state index contributed by atoms with van der Waals surface area (Å²) in [6, 6.07) is 5.77. The fraction of sp³-hybridized carbons (Fsp3) is 0.417. The molecule has 0 radical (unpaired) electrons. The zero-order valence-corrected chi connectivity index (χ0v) is 9.71. The highest BCUT2D eigenvalue weighted by Crippen LogP contribution is 2.06. The van der Waals surface area contributed by atoms with Crippen molar-refractivity contribution in [3.05, 3.63) is 30.1 Å². The molecule has 1 heterocycles. The summed E-state index contributed by atoms with van der Waals surface area (Å²) in [5.41, 5.74) is 0.973. The fourth-order valence-corrected chi connectivity index (χ4v) is 1.50. The molecule has 5 nitrogen and oxygen atoms in total. The molecule has 5 heteroatoms. The van der Waals surface area contributed by atoms with E-state index in [0.29, 0.717) is 13.1 Å². The van der Waals surface area contributed by atoms with Crippen LogP contribution >= 0.6 is 0 Å². The summed E-state index contributed by atoms with van der Waals surface area (Å²) in [5, 5.41) is 17.6. The molecule has 0 spiro atoms. The van der Waals surface area contributed by atoms with Crippen molar-refractivity contribution >= 4 is 5.97 Å². The minimum atomic E-state index is -0.848.